The Labute approximate surface area is 184 Å². The lowest BCUT2D eigenvalue weighted by Gasteiger charge is -2.14. The molecule has 0 atom stereocenters. The molecule has 3 aromatic carbocycles. The van der Waals surface area contributed by atoms with Crippen molar-refractivity contribution in [3.05, 3.63) is 98.6 Å². The summed E-state index contributed by atoms with van der Waals surface area (Å²) in [6, 6.07) is 20.5. The number of carbonyl (C=O) groups excluding carboxylic acids is 1. The molecule has 0 aliphatic heterocycles. The van der Waals surface area contributed by atoms with Crippen LogP contribution in [0, 0.1) is 22.0 Å². The maximum atomic E-state index is 12.1. The molecule has 0 radical (unpaired) electrons. The highest BCUT2D eigenvalue weighted by Gasteiger charge is 2.28. The molecule has 154 valence electrons. The van der Waals surface area contributed by atoms with Crippen LogP contribution < -0.4 is 5.32 Å². The average molecular weight is 433 g/mol. The van der Waals surface area contributed by atoms with Gasteiger partial charge in [0.2, 0.25) is 0 Å². The number of nitro groups is 1. The molecule has 1 N–H and O–H groups in total. The van der Waals surface area contributed by atoms with Crippen molar-refractivity contribution in [3.8, 4) is 23.0 Å². The molecule has 0 unspecified atom stereocenters. The van der Waals surface area contributed by atoms with E-state index in [0.717, 1.165) is 22.3 Å². The van der Waals surface area contributed by atoms with Crippen molar-refractivity contribution in [1.29, 1.82) is 0 Å². The quantitative estimate of drug-likeness (QED) is 0.351. The van der Waals surface area contributed by atoms with Crippen molar-refractivity contribution in [2.75, 3.05) is 13.2 Å². The number of nitrogens with one attached hydrogen (secondary N) is 1. The molecule has 3 aromatic rings. The summed E-state index contributed by atoms with van der Waals surface area (Å²) in [5, 5.41) is 13.6. The number of benzene rings is 3. The first kappa shape index (κ1) is 20.5. The topological polar surface area (TPSA) is 81.5 Å². The molecule has 0 bridgehead atoms. The average Bonchev–Trinajstić information content (AvgIpc) is 3.10. The lowest BCUT2D eigenvalue weighted by molar-refractivity contribution is -0.384. The van der Waals surface area contributed by atoms with E-state index in [-0.39, 0.29) is 29.8 Å². The Balaban J connectivity index is 1.35. The fourth-order valence-corrected chi connectivity index (χ4v) is 3.83. The number of hydrogen-bond donors (Lipinski definition) is 1. The van der Waals surface area contributed by atoms with Crippen LogP contribution in [0.4, 0.5) is 10.5 Å². The summed E-state index contributed by atoms with van der Waals surface area (Å²) in [7, 11) is 0. The first-order valence-corrected chi connectivity index (χ1v) is 9.94. The molecule has 0 aromatic heterocycles. The van der Waals surface area contributed by atoms with E-state index >= 15 is 0 Å². The van der Waals surface area contributed by atoms with Gasteiger partial charge in [0.05, 0.1) is 11.5 Å². The second kappa shape index (κ2) is 8.90. The van der Waals surface area contributed by atoms with Crippen LogP contribution in [0.3, 0.4) is 0 Å². The van der Waals surface area contributed by atoms with Crippen molar-refractivity contribution in [3.63, 3.8) is 0 Å². The predicted octanol–water partition coefficient (Wildman–Crippen LogP) is 5.14. The summed E-state index contributed by atoms with van der Waals surface area (Å²) >= 11 is 5.78. The minimum atomic E-state index is -0.571. The van der Waals surface area contributed by atoms with Gasteiger partial charge in [-0.1, -0.05) is 72.0 Å². The number of hydrogen-bond acceptors (Lipinski definition) is 4. The van der Waals surface area contributed by atoms with E-state index in [4.69, 9.17) is 16.3 Å². The number of carbonyl (C=O) groups is 1. The summed E-state index contributed by atoms with van der Waals surface area (Å²) in [6.45, 7) is 0.268. The second-order valence-electron chi connectivity index (χ2n) is 6.90. The zero-order chi connectivity index (χ0) is 21.8. The predicted molar refractivity (Wildman–Crippen MR) is 118 cm³/mol. The van der Waals surface area contributed by atoms with Gasteiger partial charge in [-0.25, -0.2) is 4.79 Å². The molecular formula is C24H17ClN2O4. The van der Waals surface area contributed by atoms with Crippen molar-refractivity contribution < 1.29 is 14.5 Å². The van der Waals surface area contributed by atoms with Gasteiger partial charge in [0.15, 0.2) is 0 Å². The normalized spacial score (nSPS) is 11.6. The number of halogens is 1. The lowest BCUT2D eigenvalue weighted by atomic mass is 9.98. The zero-order valence-corrected chi connectivity index (χ0v) is 17.1. The molecule has 7 heteroatoms. The number of nitro benzene ring substituents is 1. The maximum Gasteiger partial charge on any atom is 0.407 e. The first-order valence-electron chi connectivity index (χ1n) is 9.56. The van der Waals surface area contributed by atoms with Gasteiger partial charge in [-0.05, 0) is 34.4 Å². The van der Waals surface area contributed by atoms with Crippen LogP contribution in [0.2, 0.25) is 5.02 Å². The fraction of sp³-hybridized carbons (Fsp3) is 0.125. The van der Waals surface area contributed by atoms with E-state index in [9.17, 15) is 14.9 Å². The third-order valence-corrected chi connectivity index (χ3v) is 5.36. The molecule has 0 fully saturated rings. The SMILES string of the molecule is O=C(NCC#Cc1ccc(Cl)c([N+](=O)[O-])c1)OCC1c2ccccc2-c2ccccc21. The van der Waals surface area contributed by atoms with E-state index in [1.165, 1.54) is 12.1 Å². The molecule has 4 rings (SSSR count). The van der Waals surface area contributed by atoms with Crippen LogP contribution in [0.1, 0.15) is 22.6 Å². The molecule has 6 nitrogen and oxygen atoms in total. The largest absolute Gasteiger partial charge is 0.449 e. The van der Waals surface area contributed by atoms with Gasteiger partial charge in [-0.15, -0.1) is 0 Å². The van der Waals surface area contributed by atoms with Crippen LogP contribution in [0.5, 0.6) is 0 Å². The van der Waals surface area contributed by atoms with Gasteiger partial charge in [0.25, 0.3) is 5.69 Å². The molecule has 1 aliphatic carbocycles. The summed E-state index contributed by atoms with van der Waals surface area (Å²) in [6.07, 6.45) is -0.571. The number of fused-ring (bicyclic) bond motifs is 3. The maximum absolute atomic E-state index is 12.1. The molecule has 1 amide bonds. The van der Waals surface area contributed by atoms with Gasteiger partial charge < -0.3 is 10.1 Å². The van der Waals surface area contributed by atoms with Crippen molar-refractivity contribution in [1.82, 2.24) is 5.32 Å². The minimum absolute atomic E-state index is 0.0150. The summed E-state index contributed by atoms with van der Waals surface area (Å²) in [5.74, 6) is 5.50. The zero-order valence-electron chi connectivity index (χ0n) is 16.3. The van der Waals surface area contributed by atoms with E-state index in [0.29, 0.717) is 5.56 Å². The van der Waals surface area contributed by atoms with Gasteiger partial charge in [-0.3, -0.25) is 10.1 Å². The van der Waals surface area contributed by atoms with Crippen molar-refractivity contribution >= 4 is 23.4 Å². The number of amides is 1. The highest BCUT2D eigenvalue weighted by atomic mass is 35.5. The van der Waals surface area contributed by atoms with E-state index in [1.54, 1.807) is 6.07 Å². The van der Waals surface area contributed by atoms with E-state index in [2.05, 4.69) is 41.4 Å². The van der Waals surface area contributed by atoms with Gasteiger partial charge >= 0.3 is 6.09 Å². The van der Waals surface area contributed by atoms with Crippen molar-refractivity contribution in [2.24, 2.45) is 0 Å². The highest BCUT2D eigenvalue weighted by molar-refractivity contribution is 6.32. The number of alkyl carbamates (subject to hydrolysis) is 1. The fourth-order valence-electron chi connectivity index (χ4n) is 3.64. The Hall–Kier alpha value is -3.82. The molecule has 0 spiro atoms. The molecular weight excluding hydrogens is 416 g/mol. The lowest BCUT2D eigenvalue weighted by Crippen LogP contribution is -2.26. The van der Waals surface area contributed by atoms with E-state index in [1.807, 2.05) is 24.3 Å². The standard InChI is InChI=1S/C24H17ClN2O4/c25-22-12-11-16(14-23(22)27(29)30)6-5-13-26-24(28)31-15-21-19-9-3-1-7-17(19)18-8-2-4-10-20(18)21/h1-4,7-12,14,21H,13,15H2,(H,26,28). The Morgan fingerprint density at radius 1 is 1.06 bits per heavy atom. The molecule has 0 heterocycles. The van der Waals surface area contributed by atoms with Crippen molar-refractivity contribution in [2.45, 2.75) is 5.92 Å². The summed E-state index contributed by atoms with van der Waals surface area (Å²) < 4.78 is 5.43. The smallest absolute Gasteiger partial charge is 0.407 e. The molecule has 0 saturated heterocycles. The molecule has 31 heavy (non-hydrogen) atoms. The first-order chi connectivity index (χ1) is 15.0. The van der Waals surface area contributed by atoms with Gasteiger partial charge in [0.1, 0.15) is 11.6 Å². The summed E-state index contributed by atoms with van der Waals surface area (Å²) in [4.78, 5) is 22.5. The Bertz CT molecular complexity index is 1180. The Morgan fingerprint density at radius 3 is 2.35 bits per heavy atom. The van der Waals surface area contributed by atoms with E-state index < -0.39 is 11.0 Å². The van der Waals surface area contributed by atoms with Crippen LogP contribution in [-0.2, 0) is 4.74 Å². The Kier molecular flexibility index (Phi) is 5.87. The minimum Gasteiger partial charge on any atom is -0.449 e. The third kappa shape index (κ3) is 4.37. The van der Waals surface area contributed by atoms with Gasteiger partial charge in [-0.2, -0.15) is 0 Å². The third-order valence-electron chi connectivity index (χ3n) is 5.04. The van der Waals surface area contributed by atoms with Gasteiger partial charge in [0, 0.05) is 17.5 Å². The number of nitrogens with zero attached hydrogens (tertiary/aromatic N) is 1. The van der Waals surface area contributed by atoms with Crippen LogP contribution in [0.15, 0.2) is 66.7 Å². The van der Waals surface area contributed by atoms with Crippen LogP contribution in [0.25, 0.3) is 11.1 Å². The Morgan fingerprint density at radius 2 is 1.71 bits per heavy atom. The second-order valence-corrected chi connectivity index (χ2v) is 7.31. The number of ether oxygens (including phenoxy) is 1. The summed E-state index contributed by atoms with van der Waals surface area (Å²) in [5.41, 5.74) is 4.83. The van der Waals surface area contributed by atoms with Crippen LogP contribution in [-0.4, -0.2) is 24.2 Å². The van der Waals surface area contributed by atoms with Crippen LogP contribution >= 0.6 is 11.6 Å². The molecule has 0 saturated carbocycles. The monoisotopic (exact) mass is 432 g/mol. The number of rotatable bonds is 4. The highest BCUT2D eigenvalue weighted by Crippen LogP contribution is 2.44. The molecule has 1 aliphatic rings.